The minimum atomic E-state index is -0.547. The highest BCUT2D eigenvalue weighted by molar-refractivity contribution is 5.86. The van der Waals surface area contributed by atoms with Crippen LogP contribution in [-0.4, -0.2) is 45.6 Å². The molecule has 1 aromatic rings. The van der Waals surface area contributed by atoms with Crippen molar-refractivity contribution in [3.63, 3.8) is 0 Å². The van der Waals surface area contributed by atoms with E-state index in [0.717, 1.165) is 55.4 Å². The molecule has 7 heteroatoms. The zero-order chi connectivity index (χ0) is 21.7. The van der Waals surface area contributed by atoms with Gasteiger partial charge in [0.1, 0.15) is 0 Å². The van der Waals surface area contributed by atoms with Crippen LogP contribution in [0.4, 0.5) is 0 Å². The molecule has 1 aromatic heterocycles. The van der Waals surface area contributed by atoms with E-state index in [-0.39, 0.29) is 41.9 Å². The molecule has 1 saturated carbocycles. The first kappa shape index (κ1) is 20.5. The zero-order valence-corrected chi connectivity index (χ0v) is 18.0. The van der Waals surface area contributed by atoms with Gasteiger partial charge in [-0.2, -0.15) is 0 Å². The lowest BCUT2D eigenvalue weighted by Crippen LogP contribution is -2.50. The van der Waals surface area contributed by atoms with Crippen LogP contribution in [0.15, 0.2) is 23.0 Å². The van der Waals surface area contributed by atoms with Crippen LogP contribution in [0.3, 0.4) is 0 Å². The Morgan fingerprint density at radius 2 is 2.06 bits per heavy atom. The summed E-state index contributed by atoms with van der Waals surface area (Å²) in [7, 11) is 0. The summed E-state index contributed by atoms with van der Waals surface area (Å²) in [6.07, 6.45) is 7.69. The molecule has 2 aliphatic heterocycles. The third-order valence-corrected chi connectivity index (χ3v) is 7.46. The summed E-state index contributed by atoms with van der Waals surface area (Å²) >= 11 is 0. The summed E-state index contributed by atoms with van der Waals surface area (Å²) in [4.78, 5) is 41.7. The lowest BCUT2D eigenvalue weighted by Gasteiger charge is -2.38. The maximum Gasteiger partial charge on any atom is 0.258 e. The largest absolute Gasteiger partial charge is 0.396 e. The van der Waals surface area contributed by atoms with Crippen LogP contribution >= 0.6 is 0 Å². The number of pyridine rings is 1. The van der Waals surface area contributed by atoms with Crippen molar-refractivity contribution >= 4 is 17.4 Å². The predicted molar refractivity (Wildman–Crippen MR) is 116 cm³/mol. The maximum atomic E-state index is 13.4. The van der Waals surface area contributed by atoms with Crippen molar-refractivity contribution < 1.29 is 14.7 Å². The highest BCUT2D eigenvalue weighted by Crippen LogP contribution is 2.50. The Morgan fingerprint density at radius 1 is 1.26 bits per heavy atom. The van der Waals surface area contributed by atoms with Gasteiger partial charge in [-0.1, -0.05) is 13.0 Å². The second kappa shape index (κ2) is 7.93. The Balaban J connectivity index is 1.61. The Morgan fingerprint density at radius 3 is 2.71 bits per heavy atom. The van der Waals surface area contributed by atoms with E-state index in [1.807, 2.05) is 24.0 Å². The fourth-order valence-corrected chi connectivity index (χ4v) is 5.78. The molecule has 0 unspecified atom stereocenters. The number of nitrogens with zero attached hydrogens (tertiary/aromatic N) is 2. The fourth-order valence-electron chi connectivity index (χ4n) is 5.78. The molecule has 166 valence electrons. The molecule has 4 atom stereocenters. The van der Waals surface area contributed by atoms with E-state index < -0.39 is 12.0 Å². The van der Waals surface area contributed by atoms with Crippen LogP contribution in [-0.2, 0) is 16.1 Å². The summed E-state index contributed by atoms with van der Waals surface area (Å²) in [5.41, 5.74) is 2.52. The molecule has 2 aliphatic carbocycles. The number of nitrogens with one attached hydrogen (secondary N) is 1. The molecule has 4 aliphatic rings. The second-order valence-electron chi connectivity index (χ2n) is 9.40. The van der Waals surface area contributed by atoms with E-state index in [1.54, 1.807) is 4.57 Å². The van der Waals surface area contributed by atoms with Crippen LogP contribution in [0.1, 0.15) is 62.7 Å². The van der Waals surface area contributed by atoms with Crippen molar-refractivity contribution in [2.45, 2.75) is 64.1 Å². The third-order valence-electron chi connectivity index (χ3n) is 7.46. The average Bonchev–Trinajstić information content (AvgIpc) is 3.43. The highest BCUT2D eigenvalue weighted by Gasteiger charge is 2.58. The lowest BCUT2D eigenvalue weighted by atomic mass is 9.86. The van der Waals surface area contributed by atoms with Crippen LogP contribution < -0.4 is 10.9 Å². The lowest BCUT2D eigenvalue weighted by molar-refractivity contribution is -0.138. The molecule has 2 N–H and O–H groups in total. The summed E-state index contributed by atoms with van der Waals surface area (Å²) in [6.45, 7) is 2.71. The van der Waals surface area contributed by atoms with Gasteiger partial charge >= 0.3 is 0 Å². The van der Waals surface area contributed by atoms with Gasteiger partial charge in [-0.25, -0.2) is 0 Å². The zero-order valence-electron chi connectivity index (χ0n) is 18.0. The Kier molecular flexibility index (Phi) is 5.24. The van der Waals surface area contributed by atoms with Gasteiger partial charge in [0.05, 0.1) is 18.0 Å². The SMILES string of the molecule is CCCNC(=O)[C@H]1[C@H](CO)[C@H]2Cn3c(ccc(C4=CCCC4)c3=O)[C@@H]1N2C(=O)C1CC1. The molecule has 0 spiro atoms. The number of aliphatic hydroxyl groups is 1. The van der Waals surface area contributed by atoms with Crippen molar-refractivity contribution in [3.05, 3.63) is 39.8 Å². The first-order valence-corrected chi connectivity index (χ1v) is 11.7. The second-order valence-corrected chi connectivity index (χ2v) is 9.40. The van der Waals surface area contributed by atoms with Crippen molar-refractivity contribution in [2.75, 3.05) is 13.2 Å². The van der Waals surface area contributed by atoms with Crippen LogP contribution in [0.25, 0.3) is 5.57 Å². The van der Waals surface area contributed by atoms with Crippen LogP contribution in [0.2, 0.25) is 0 Å². The average molecular weight is 426 g/mol. The van der Waals surface area contributed by atoms with Gasteiger partial charge < -0.3 is 19.9 Å². The summed E-state index contributed by atoms with van der Waals surface area (Å²) in [5.74, 6) is -0.971. The molecule has 3 heterocycles. The smallest absolute Gasteiger partial charge is 0.258 e. The number of aliphatic hydroxyl groups excluding tert-OH is 1. The van der Waals surface area contributed by atoms with Crippen molar-refractivity contribution in [1.82, 2.24) is 14.8 Å². The van der Waals surface area contributed by atoms with Crippen molar-refractivity contribution in [1.29, 1.82) is 0 Å². The molecule has 2 bridgehead atoms. The van der Waals surface area contributed by atoms with E-state index in [2.05, 4.69) is 11.4 Å². The van der Waals surface area contributed by atoms with E-state index in [9.17, 15) is 19.5 Å². The van der Waals surface area contributed by atoms with Crippen molar-refractivity contribution in [3.8, 4) is 0 Å². The van der Waals surface area contributed by atoms with Gasteiger partial charge in [-0.3, -0.25) is 14.4 Å². The molecule has 31 heavy (non-hydrogen) atoms. The molecule has 5 rings (SSSR count). The molecule has 1 saturated heterocycles. The summed E-state index contributed by atoms with van der Waals surface area (Å²) in [5, 5.41) is 13.2. The molecule has 2 fully saturated rings. The quantitative estimate of drug-likeness (QED) is 0.728. The first-order chi connectivity index (χ1) is 15.1. The number of allylic oxidation sites excluding steroid dienone is 2. The number of hydrogen-bond acceptors (Lipinski definition) is 4. The van der Waals surface area contributed by atoms with Crippen LogP contribution in [0.5, 0.6) is 0 Å². The predicted octanol–water partition coefficient (Wildman–Crippen LogP) is 1.84. The minimum Gasteiger partial charge on any atom is -0.396 e. The normalized spacial score (nSPS) is 29.0. The number of carbonyl (C=O) groups excluding carboxylic acids is 2. The molecule has 2 amide bonds. The van der Waals surface area contributed by atoms with E-state index in [0.29, 0.717) is 13.1 Å². The molecular formula is C24H31N3O4. The number of aromatic nitrogens is 1. The van der Waals surface area contributed by atoms with Crippen LogP contribution in [0, 0.1) is 17.8 Å². The summed E-state index contributed by atoms with van der Waals surface area (Å²) in [6, 6.07) is 2.97. The van der Waals surface area contributed by atoms with Gasteiger partial charge in [0.2, 0.25) is 11.8 Å². The maximum absolute atomic E-state index is 13.4. The Labute approximate surface area is 182 Å². The van der Waals surface area contributed by atoms with Gasteiger partial charge in [0.25, 0.3) is 5.56 Å². The Bertz CT molecular complexity index is 993. The van der Waals surface area contributed by atoms with Gasteiger partial charge in [0, 0.05) is 42.8 Å². The van der Waals surface area contributed by atoms with Gasteiger partial charge in [-0.15, -0.1) is 0 Å². The summed E-state index contributed by atoms with van der Waals surface area (Å²) < 4.78 is 1.77. The first-order valence-electron chi connectivity index (χ1n) is 11.7. The van der Waals surface area contributed by atoms with E-state index in [4.69, 9.17) is 0 Å². The van der Waals surface area contributed by atoms with Gasteiger partial charge in [0.15, 0.2) is 0 Å². The fraction of sp³-hybridized carbons (Fsp3) is 0.625. The Hall–Kier alpha value is -2.41. The molecule has 0 aromatic carbocycles. The highest BCUT2D eigenvalue weighted by atomic mass is 16.3. The standard InChI is InChI=1S/C24H31N3O4/c1-2-11-25-22(29)20-17(13-28)19-12-26-18(21(20)27(19)23(30)15-7-8-15)10-9-16(24(26)31)14-5-3-4-6-14/h5,9-10,15,17,19-21,28H,2-4,6-8,11-13H2,1H3,(H,25,29)/t17-,19-,20+,21+/m1/s1. The third kappa shape index (κ3) is 3.25. The minimum absolute atomic E-state index is 0.0167. The van der Waals surface area contributed by atoms with Gasteiger partial charge in [-0.05, 0) is 56.2 Å². The number of amides is 2. The number of hydrogen-bond donors (Lipinski definition) is 2. The van der Waals surface area contributed by atoms with E-state index in [1.165, 1.54) is 0 Å². The monoisotopic (exact) mass is 425 g/mol. The number of carbonyl (C=O) groups is 2. The van der Waals surface area contributed by atoms with Crippen molar-refractivity contribution in [2.24, 2.45) is 17.8 Å². The van der Waals surface area contributed by atoms with E-state index >= 15 is 0 Å². The number of fused-ring (bicyclic) bond motifs is 4. The molecule has 0 radical (unpaired) electrons. The topological polar surface area (TPSA) is 91.6 Å². The molecule has 7 nitrogen and oxygen atoms in total. The number of rotatable bonds is 6. The molecular weight excluding hydrogens is 394 g/mol.